The van der Waals surface area contributed by atoms with Gasteiger partial charge in [-0.15, -0.1) is 0 Å². The van der Waals surface area contributed by atoms with Crippen molar-refractivity contribution in [1.29, 1.82) is 0 Å². The van der Waals surface area contributed by atoms with Crippen LogP contribution in [0.15, 0.2) is 34.8 Å². The fourth-order valence-corrected chi connectivity index (χ4v) is 2.16. The van der Waals surface area contributed by atoms with Crippen LogP contribution in [-0.4, -0.2) is 11.1 Å². The summed E-state index contributed by atoms with van der Waals surface area (Å²) in [5, 5.41) is 12.1. The summed E-state index contributed by atoms with van der Waals surface area (Å²) >= 11 is 9.03. The van der Waals surface area contributed by atoms with Gasteiger partial charge in [-0.3, -0.25) is 0 Å². The zero-order valence-corrected chi connectivity index (χ0v) is 12.3. The van der Waals surface area contributed by atoms with Gasteiger partial charge in [0, 0.05) is 11.4 Å². The highest BCUT2D eigenvalue weighted by atomic mass is 79.9. The summed E-state index contributed by atoms with van der Waals surface area (Å²) in [5.74, 6) is -1.65. The molecule has 0 heterocycles. The van der Waals surface area contributed by atoms with Crippen LogP contribution in [0.4, 0.5) is 21.5 Å². The highest BCUT2D eigenvalue weighted by Crippen LogP contribution is 2.32. The van der Waals surface area contributed by atoms with E-state index in [1.54, 1.807) is 6.07 Å². The molecule has 0 unspecified atom stereocenters. The summed E-state index contributed by atoms with van der Waals surface area (Å²) in [7, 11) is 0. The van der Waals surface area contributed by atoms with Gasteiger partial charge in [0.15, 0.2) is 0 Å². The second-order valence-corrected chi connectivity index (χ2v) is 5.25. The second kappa shape index (κ2) is 5.68. The van der Waals surface area contributed by atoms with Crippen LogP contribution in [0.2, 0.25) is 5.02 Å². The SMILES string of the molecule is Nc1cc(Cl)c(Nc2ccc(Br)c(F)c2)c(C(=O)O)c1. The minimum absolute atomic E-state index is 0.0849. The van der Waals surface area contributed by atoms with E-state index in [4.69, 9.17) is 22.4 Å². The molecule has 2 aromatic rings. The lowest BCUT2D eigenvalue weighted by Gasteiger charge is -2.13. The minimum atomic E-state index is -1.18. The lowest BCUT2D eigenvalue weighted by Crippen LogP contribution is -2.05. The Bertz CT molecular complexity index is 694. The number of hydrogen-bond donors (Lipinski definition) is 3. The Morgan fingerprint density at radius 3 is 2.65 bits per heavy atom. The monoisotopic (exact) mass is 358 g/mol. The number of aromatic carboxylic acids is 1. The molecule has 0 saturated heterocycles. The molecule has 20 heavy (non-hydrogen) atoms. The van der Waals surface area contributed by atoms with Gasteiger partial charge in [0.25, 0.3) is 0 Å². The van der Waals surface area contributed by atoms with E-state index in [0.717, 1.165) is 0 Å². The minimum Gasteiger partial charge on any atom is -0.478 e. The molecule has 0 fully saturated rings. The number of halogens is 3. The molecule has 0 radical (unpaired) electrons. The van der Waals surface area contributed by atoms with E-state index >= 15 is 0 Å². The van der Waals surface area contributed by atoms with Gasteiger partial charge in [-0.2, -0.15) is 0 Å². The molecule has 2 rings (SSSR count). The number of anilines is 3. The van der Waals surface area contributed by atoms with E-state index in [0.29, 0.717) is 10.2 Å². The molecule has 0 bridgehead atoms. The van der Waals surface area contributed by atoms with Crippen molar-refractivity contribution in [2.75, 3.05) is 11.1 Å². The van der Waals surface area contributed by atoms with Crippen molar-refractivity contribution in [2.24, 2.45) is 0 Å². The smallest absolute Gasteiger partial charge is 0.337 e. The van der Waals surface area contributed by atoms with Gasteiger partial charge in [-0.25, -0.2) is 9.18 Å². The number of benzene rings is 2. The van der Waals surface area contributed by atoms with Gasteiger partial charge in [0.05, 0.1) is 20.7 Å². The number of nitrogens with two attached hydrogens (primary N) is 1. The fourth-order valence-electron chi connectivity index (χ4n) is 1.64. The average Bonchev–Trinajstić information content (AvgIpc) is 2.36. The molecule has 0 saturated carbocycles. The van der Waals surface area contributed by atoms with Crippen LogP contribution in [-0.2, 0) is 0 Å². The highest BCUT2D eigenvalue weighted by Gasteiger charge is 2.15. The number of nitrogens with one attached hydrogen (secondary N) is 1. The maximum Gasteiger partial charge on any atom is 0.337 e. The van der Waals surface area contributed by atoms with Gasteiger partial charge < -0.3 is 16.2 Å². The summed E-state index contributed by atoms with van der Waals surface area (Å²) in [5.41, 5.74) is 6.25. The molecular weight excluding hydrogens is 351 g/mol. The Hall–Kier alpha value is -1.79. The van der Waals surface area contributed by atoms with Crippen LogP contribution in [0, 0.1) is 5.82 Å². The van der Waals surface area contributed by atoms with Crippen molar-refractivity contribution in [3.05, 3.63) is 51.2 Å². The van der Waals surface area contributed by atoms with Crippen LogP contribution >= 0.6 is 27.5 Å². The van der Waals surface area contributed by atoms with Crippen LogP contribution in [0.25, 0.3) is 0 Å². The summed E-state index contributed by atoms with van der Waals surface area (Å²) in [4.78, 5) is 11.2. The Labute approximate surface area is 127 Å². The first-order valence-electron chi connectivity index (χ1n) is 5.43. The van der Waals surface area contributed by atoms with Gasteiger partial charge in [0.2, 0.25) is 0 Å². The molecule has 104 valence electrons. The van der Waals surface area contributed by atoms with E-state index < -0.39 is 11.8 Å². The first kappa shape index (κ1) is 14.6. The fraction of sp³-hybridized carbons (Fsp3) is 0. The molecule has 0 aliphatic rings. The standard InChI is InChI=1S/C13H9BrClFN2O2/c14-9-2-1-7(5-11(9)16)18-12-8(13(19)20)3-6(17)4-10(12)15/h1-5,18H,17H2,(H,19,20). The summed E-state index contributed by atoms with van der Waals surface area (Å²) < 4.78 is 13.8. The second-order valence-electron chi connectivity index (χ2n) is 3.98. The molecular formula is C13H9BrClFN2O2. The molecule has 0 amide bonds. The lowest BCUT2D eigenvalue weighted by molar-refractivity contribution is 0.0698. The maximum atomic E-state index is 13.4. The first-order valence-corrected chi connectivity index (χ1v) is 6.60. The van der Waals surface area contributed by atoms with Gasteiger partial charge in [-0.1, -0.05) is 11.6 Å². The third-order valence-electron chi connectivity index (χ3n) is 2.53. The van der Waals surface area contributed by atoms with Crippen LogP contribution < -0.4 is 11.1 Å². The predicted molar refractivity (Wildman–Crippen MR) is 80.2 cm³/mol. The van der Waals surface area contributed by atoms with Crippen LogP contribution in [0.5, 0.6) is 0 Å². The maximum absolute atomic E-state index is 13.4. The van der Waals surface area contributed by atoms with Gasteiger partial charge in [0.1, 0.15) is 5.82 Å². The number of carboxylic acids is 1. The van der Waals surface area contributed by atoms with Crippen molar-refractivity contribution in [3.8, 4) is 0 Å². The number of carbonyl (C=O) groups is 1. The van der Waals surface area contributed by atoms with E-state index in [1.807, 2.05) is 0 Å². The van der Waals surface area contributed by atoms with Crippen molar-refractivity contribution in [3.63, 3.8) is 0 Å². The molecule has 4 N–H and O–H groups in total. The van der Waals surface area contributed by atoms with E-state index in [2.05, 4.69) is 21.2 Å². The van der Waals surface area contributed by atoms with Crippen molar-refractivity contribution in [1.82, 2.24) is 0 Å². The van der Waals surface area contributed by atoms with Crippen molar-refractivity contribution in [2.45, 2.75) is 0 Å². The van der Waals surface area contributed by atoms with E-state index in [1.165, 1.54) is 24.3 Å². The summed E-state index contributed by atoms with van der Waals surface area (Å²) in [6, 6.07) is 7.02. The predicted octanol–water partition coefficient (Wildman–Crippen LogP) is 4.27. The largest absolute Gasteiger partial charge is 0.478 e. The lowest BCUT2D eigenvalue weighted by atomic mass is 10.1. The topological polar surface area (TPSA) is 75.3 Å². The Kier molecular flexibility index (Phi) is 4.15. The van der Waals surface area contributed by atoms with Crippen molar-refractivity contribution >= 4 is 50.6 Å². The Morgan fingerprint density at radius 1 is 1.35 bits per heavy atom. The Balaban J connectivity index is 2.47. The van der Waals surface area contributed by atoms with E-state index in [9.17, 15) is 9.18 Å². The number of rotatable bonds is 3. The number of hydrogen-bond acceptors (Lipinski definition) is 3. The van der Waals surface area contributed by atoms with Crippen LogP contribution in [0.1, 0.15) is 10.4 Å². The zero-order chi connectivity index (χ0) is 14.9. The quantitative estimate of drug-likeness (QED) is 0.716. The third-order valence-corrected chi connectivity index (χ3v) is 3.47. The number of nitrogen functional groups attached to an aromatic ring is 1. The third kappa shape index (κ3) is 3.02. The molecule has 2 aromatic carbocycles. The molecule has 0 aliphatic carbocycles. The molecule has 0 aliphatic heterocycles. The van der Waals surface area contributed by atoms with E-state index in [-0.39, 0.29) is 22.0 Å². The average molecular weight is 360 g/mol. The zero-order valence-electron chi connectivity index (χ0n) is 9.95. The molecule has 0 atom stereocenters. The molecule has 4 nitrogen and oxygen atoms in total. The molecule has 7 heteroatoms. The Morgan fingerprint density at radius 2 is 2.05 bits per heavy atom. The number of carboxylic acid groups (broad SMARTS) is 1. The summed E-state index contributed by atoms with van der Waals surface area (Å²) in [6.45, 7) is 0. The first-order chi connectivity index (χ1) is 9.38. The normalized spacial score (nSPS) is 10.3. The molecule has 0 spiro atoms. The van der Waals surface area contributed by atoms with Gasteiger partial charge >= 0.3 is 5.97 Å². The highest BCUT2D eigenvalue weighted by molar-refractivity contribution is 9.10. The summed E-state index contributed by atoms with van der Waals surface area (Å²) in [6.07, 6.45) is 0. The van der Waals surface area contributed by atoms with Crippen molar-refractivity contribution < 1.29 is 14.3 Å². The molecule has 0 aromatic heterocycles. The van der Waals surface area contributed by atoms with Crippen LogP contribution in [0.3, 0.4) is 0 Å². The van der Waals surface area contributed by atoms with Gasteiger partial charge in [-0.05, 0) is 46.3 Å².